The van der Waals surface area contributed by atoms with E-state index < -0.39 is 0 Å². The zero-order valence-corrected chi connectivity index (χ0v) is 20.0. The molecule has 5 aromatic rings. The third-order valence-electron chi connectivity index (χ3n) is 5.60. The zero-order valence-electron chi connectivity index (χ0n) is 19.2. The predicted octanol–water partition coefficient (Wildman–Crippen LogP) is 5.66. The number of hydrogen-bond donors (Lipinski definition) is 2. The molecule has 2 N–H and O–H groups in total. The molecule has 0 radical (unpaired) electrons. The summed E-state index contributed by atoms with van der Waals surface area (Å²) in [5, 5.41) is 7.72. The second-order valence-electron chi connectivity index (χ2n) is 8.19. The lowest BCUT2D eigenvalue weighted by Crippen LogP contribution is -2.13. The molecule has 7 nitrogen and oxygen atoms in total. The standard InChI is InChI=1S/C27H23N5O2S/c1-31(2)21-10-5-18(6-11-21)26(33)29-19-7-12-22(13-8-19)32-17-28-23-16-20(9-14-24(23)32)30-27(34)25-4-3-15-35-25/h3-17H,1-2H3,(H,29,33)(H,30,34). The summed E-state index contributed by atoms with van der Waals surface area (Å²) in [4.78, 5) is 32.1. The van der Waals surface area contributed by atoms with Crippen molar-refractivity contribution in [3.05, 3.63) is 101 Å². The summed E-state index contributed by atoms with van der Waals surface area (Å²) in [6.45, 7) is 0. The summed E-state index contributed by atoms with van der Waals surface area (Å²) in [7, 11) is 3.92. The number of hydrogen-bond acceptors (Lipinski definition) is 5. The van der Waals surface area contributed by atoms with Gasteiger partial charge in [0, 0.05) is 42.4 Å². The Morgan fingerprint density at radius 3 is 2.26 bits per heavy atom. The highest BCUT2D eigenvalue weighted by Crippen LogP contribution is 2.24. The van der Waals surface area contributed by atoms with E-state index in [1.165, 1.54) is 11.3 Å². The Morgan fingerprint density at radius 2 is 1.57 bits per heavy atom. The molecule has 2 heterocycles. The van der Waals surface area contributed by atoms with Gasteiger partial charge in [-0.05, 0) is 78.2 Å². The van der Waals surface area contributed by atoms with Crippen LogP contribution in [-0.4, -0.2) is 35.5 Å². The molecule has 0 fully saturated rings. The third-order valence-corrected chi connectivity index (χ3v) is 6.47. The minimum Gasteiger partial charge on any atom is -0.378 e. The average molecular weight is 482 g/mol. The molecule has 0 saturated heterocycles. The molecule has 5 rings (SSSR count). The van der Waals surface area contributed by atoms with Crippen molar-refractivity contribution in [1.29, 1.82) is 0 Å². The van der Waals surface area contributed by atoms with E-state index in [1.807, 2.05) is 102 Å². The SMILES string of the molecule is CN(C)c1ccc(C(=O)Nc2ccc(-n3cnc4cc(NC(=O)c5cccs5)ccc43)cc2)cc1. The maximum Gasteiger partial charge on any atom is 0.265 e. The Balaban J connectivity index is 1.29. The molecular weight excluding hydrogens is 458 g/mol. The van der Waals surface area contributed by atoms with Crippen LogP contribution in [0, 0.1) is 0 Å². The van der Waals surface area contributed by atoms with Crippen LogP contribution in [0.1, 0.15) is 20.0 Å². The molecule has 0 unspecified atom stereocenters. The summed E-state index contributed by atoms with van der Waals surface area (Å²) in [5.41, 5.74) is 5.63. The van der Waals surface area contributed by atoms with Gasteiger partial charge in [-0.3, -0.25) is 14.2 Å². The number of fused-ring (bicyclic) bond motifs is 1. The molecule has 174 valence electrons. The normalized spacial score (nSPS) is 10.8. The molecule has 3 aromatic carbocycles. The molecule has 2 amide bonds. The number of thiophene rings is 1. The summed E-state index contributed by atoms with van der Waals surface area (Å²) in [5.74, 6) is -0.293. The molecule has 0 bridgehead atoms. The van der Waals surface area contributed by atoms with Crippen molar-refractivity contribution in [1.82, 2.24) is 9.55 Å². The largest absolute Gasteiger partial charge is 0.378 e. The minimum atomic E-state index is -0.159. The second-order valence-corrected chi connectivity index (χ2v) is 9.14. The van der Waals surface area contributed by atoms with Crippen molar-refractivity contribution in [3.63, 3.8) is 0 Å². The van der Waals surface area contributed by atoms with Crippen molar-refractivity contribution < 1.29 is 9.59 Å². The van der Waals surface area contributed by atoms with Crippen LogP contribution < -0.4 is 15.5 Å². The van der Waals surface area contributed by atoms with Gasteiger partial charge in [-0.15, -0.1) is 11.3 Å². The Hall–Kier alpha value is -4.43. The Morgan fingerprint density at radius 1 is 0.857 bits per heavy atom. The number of benzene rings is 3. The van der Waals surface area contributed by atoms with Crippen LogP contribution in [-0.2, 0) is 0 Å². The van der Waals surface area contributed by atoms with E-state index in [9.17, 15) is 9.59 Å². The molecule has 0 atom stereocenters. The Kier molecular flexibility index (Phi) is 6.03. The number of imidazole rings is 1. The van der Waals surface area contributed by atoms with E-state index in [-0.39, 0.29) is 11.8 Å². The average Bonchev–Trinajstić information content (AvgIpc) is 3.55. The van der Waals surface area contributed by atoms with E-state index in [1.54, 1.807) is 12.4 Å². The lowest BCUT2D eigenvalue weighted by atomic mass is 10.2. The van der Waals surface area contributed by atoms with Crippen LogP contribution in [0.15, 0.2) is 90.6 Å². The van der Waals surface area contributed by atoms with Crippen LogP contribution in [0.5, 0.6) is 0 Å². The second kappa shape index (κ2) is 9.44. The lowest BCUT2D eigenvalue weighted by Gasteiger charge is -2.13. The number of carbonyl (C=O) groups is 2. The maximum atomic E-state index is 12.6. The van der Waals surface area contributed by atoms with Gasteiger partial charge in [-0.1, -0.05) is 6.07 Å². The summed E-state index contributed by atoms with van der Waals surface area (Å²) in [6, 6.07) is 24.3. The van der Waals surface area contributed by atoms with Crippen molar-refractivity contribution in [2.75, 3.05) is 29.6 Å². The summed E-state index contributed by atoms with van der Waals surface area (Å²) >= 11 is 1.40. The molecular formula is C27H23N5O2S. The van der Waals surface area contributed by atoms with Crippen LogP contribution in [0.2, 0.25) is 0 Å². The van der Waals surface area contributed by atoms with Gasteiger partial charge in [0.1, 0.15) is 6.33 Å². The maximum absolute atomic E-state index is 12.6. The van der Waals surface area contributed by atoms with Crippen molar-refractivity contribution in [3.8, 4) is 5.69 Å². The van der Waals surface area contributed by atoms with E-state index in [0.717, 1.165) is 22.4 Å². The Bertz CT molecular complexity index is 1490. The smallest absolute Gasteiger partial charge is 0.265 e. The first kappa shape index (κ1) is 22.4. The molecule has 35 heavy (non-hydrogen) atoms. The van der Waals surface area contributed by atoms with Crippen LogP contribution >= 0.6 is 11.3 Å². The van der Waals surface area contributed by atoms with Gasteiger partial charge in [-0.2, -0.15) is 0 Å². The first-order valence-corrected chi connectivity index (χ1v) is 11.9. The van der Waals surface area contributed by atoms with Crippen molar-refractivity contribution in [2.24, 2.45) is 0 Å². The highest BCUT2D eigenvalue weighted by Gasteiger charge is 2.11. The monoisotopic (exact) mass is 481 g/mol. The predicted molar refractivity (Wildman–Crippen MR) is 142 cm³/mol. The first-order valence-electron chi connectivity index (χ1n) is 11.0. The third kappa shape index (κ3) is 4.78. The van der Waals surface area contributed by atoms with Crippen LogP contribution in [0.25, 0.3) is 16.7 Å². The van der Waals surface area contributed by atoms with Gasteiger partial charge in [0.25, 0.3) is 11.8 Å². The first-order chi connectivity index (χ1) is 17.0. The van der Waals surface area contributed by atoms with Gasteiger partial charge in [0.15, 0.2) is 0 Å². The number of aromatic nitrogens is 2. The number of nitrogens with one attached hydrogen (secondary N) is 2. The van der Waals surface area contributed by atoms with E-state index >= 15 is 0 Å². The molecule has 0 spiro atoms. The topological polar surface area (TPSA) is 79.3 Å². The summed E-state index contributed by atoms with van der Waals surface area (Å²) < 4.78 is 1.96. The quantitative estimate of drug-likeness (QED) is 0.328. The molecule has 8 heteroatoms. The van der Waals surface area contributed by atoms with Gasteiger partial charge in [0.2, 0.25) is 0 Å². The summed E-state index contributed by atoms with van der Waals surface area (Å²) in [6.07, 6.45) is 1.75. The van der Waals surface area contributed by atoms with Crippen molar-refractivity contribution >= 4 is 51.2 Å². The molecule has 0 aliphatic heterocycles. The van der Waals surface area contributed by atoms with Gasteiger partial charge in [-0.25, -0.2) is 4.98 Å². The van der Waals surface area contributed by atoms with E-state index in [4.69, 9.17) is 0 Å². The van der Waals surface area contributed by atoms with Gasteiger partial charge >= 0.3 is 0 Å². The molecule has 0 saturated carbocycles. The zero-order chi connectivity index (χ0) is 24.4. The van der Waals surface area contributed by atoms with Gasteiger partial charge < -0.3 is 15.5 Å². The molecule has 2 aromatic heterocycles. The number of amides is 2. The highest BCUT2D eigenvalue weighted by atomic mass is 32.1. The number of anilines is 3. The number of carbonyl (C=O) groups excluding carboxylic acids is 2. The van der Waals surface area contributed by atoms with Crippen LogP contribution in [0.3, 0.4) is 0 Å². The highest BCUT2D eigenvalue weighted by molar-refractivity contribution is 7.12. The lowest BCUT2D eigenvalue weighted by molar-refractivity contribution is 0.102. The van der Waals surface area contributed by atoms with E-state index in [0.29, 0.717) is 21.8 Å². The fraction of sp³-hybridized carbons (Fsp3) is 0.0741. The van der Waals surface area contributed by atoms with Crippen molar-refractivity contribution in [2.45, 2.75) is 0 Å². The Labute approximate surface area is 206 Å². The number of rotatable bonds is 6. The minimum absolute atomic E-state index is 0.134. The van der Waals surface area contributed by atoms with Gasteiger partial charge in [0.05, 0.1) is 15.9 Å². The molecule has 0 aliphatic rings. The van der Waals surface area contributed by atoms with Crippen LogP contribution in [0.4, 0.5) is 17.1 Å². The van der Waals surface area contributed by atoms with E-state index in [2.05, 4.69) is 15.6 Å². The fourth-order valence-corrected chi connectivity index (χ4v) is 4.34. The molecule has 0 aliphatic carbocycles. The number of nitrogens with zero attached hydrogens (tertiary/aromatic N) is 3. The fourth-order valence-electron chi connectivity index (χ4n) is 3.72.